The van der Waals surface area contributed by atoms with Crippen LogP contribution in [0.1, 0.15) is 12.5 Å². The van der Waals surface area contributed by atoms with Crippen molar-refractivity contribution in [2.24, 2.45) is 0 Å². The number of anilines is 1. The van der Waals surface area contributed by atoms with Gasteiger partial charge in [0.1, 0.15) is 0 Å². The monoisotopic (exact) mass is 395 g/mol. The zero-order valence-corrected chi connectivity index (χ0v) is 17.1. The Labute approximate surface area is 160 Å². The molecule has 2 aliphatic rings. The van der Waals surface area contributed by atoms with Crippen molar-refractivity contribution in [3.63, 3.8) is 0 Å². The van der Waals surface area contributed by atoms with Gasteiger partial charge in [-0.1, -0.05) is 0 Å². The number of sulfonamides is 1. The number of amides is 1. The van der Waals surface area contributed by atoms with Crippen LogP contribution < -0.4 is 13.8 Å². The van der Waals surface area contributed by atoms with Crippen molar-refractivity contribution in [3.05, 3.63) is 22.6 Å². The number of fused-ring (bicyclic) bond motifs is 1. The molecule has 1 aromatic carbocycles. The molecule has 2 aliphatic heterocycles. The molecule has 3 rings (SSSR count). The lowest BCUT2D eigenvalue weighted by Crippen LogP contribution is -2.49. The number of rotatable bonds is 3. The normalized spacial score (nSPS) is 19.7. The van der Waals surface area contributed by atoms with Gasteiger partial charge in [0.25, 0.3) is 15.9 Å². The van der Waals surface area contributed by atoms with Crippen LogP contribution in [-0.4, -0.2) is 78.6 Å². The molecule has 1 amide bonds. The lowest BCUT2D eigenvalue weighted by molar-refractivity contribution is -0.127. The van der Waals surface area contributed by atoms with E-state index < -0.39 is 15.9 Å². The highest BCUT2D eigenvalue weighted by atomic mass is 32.2. The molecular weight excluding hydrogens is 370 g/mol. The summed E-state index contributed by atoms with van der Waals surface area (Å²) in [6, 6.07) is 3.33. The van der Waals surface area contributed by atoms with Gasteiger partial charge >= 0.3 is 0 Å². The van der Waals surface area contributed by atoms with Gasteiger partial charge in [-0.15, -0.1) is 0 Å². The highest BCUT2D eigenvalue weighted by molar-refractivity contribution is 7.97. The highest BCUT2D eigenvalue weighted by Crippen LogP contribution is 2.44. The van der Waals surface area contributed by atoms with Crippen LogP contribution in [0.5, 0.6) is 11.5 Å². The van der Waals surface area contributed by atoms with Gasteiger partial charge in [0.2, 0.25) is 0 Å². The summed E-state index contributed by atoms with van der Waals surface area (Å²) in [6.45, 7) is 4.11. The lowest BCUT2D eigenvalue weighted by atomic mass is 10.0. The number of allylic oxidation sites excluding steroid dienone is 1. The molecule has 1 aromatic rings. The van der Waals surface area contributed by atoms with Crippen molar-refractivity contribution in [3.8, 4) is 11.5 Å². The molecule has 27 heavy (non-hydrogen) atoms. The first-order valence-electron chi connectivity index (χ1n) is 8.66. The van der Waals surface area contributed by atoms with Gasteiger partial charge in [0.05, 0.1) is 19.9 Å². The first-order chi connectivity index (χ1) is 12.7. The molecular formula is C18H25N3O5S. The van der Waals surface area contributed by atoms with E-state index in [0.29, 0.717) is 41.4 Å². The summed E-state index contributed by atoms with van der Waals surface area (Å²) >= 11 is 0. The maximum absolute atomic E-state index is 13.1. The van der Waals surface area contributed by atoms with E-state index in [1.54, 1.807) is 24.0 Å². The van der Waals surface area contributed by atoms with Crippen LogP contribution in [0.15, 0.2) is 17.0 Å². The van der Waals surface area contributed by atoms with E-state index in [1.807, 2.05) is 7.05 Å². The molecule has 0 unspecified atom stereocenters. The number of methoxy groups -OCH3 is 2. The Balaban J connectivity index is 2.14. The second-order valence-electron chi connectivity index (χ2n) is 6.75. The maximum Gasteiger partial charge on any atom is 0.269 e. The summed E-state index contributed by atoms with van der Waals surface area (Å²) in [5.41, 5.74) is 1.52. The fraction of sp³-hybridized carbons (Fsp3) is 0.500. The number of carbonyl (C=O) groups excluding carboxylic acids is 1. The molecule has 0 bridgehead atoms. The number of carbonyl (C=O) groups is 1. The number of hydrogen-bond acceptors (Lipinski definition) is 6. The first-order valence-corrected chi connectivity index (χ1v) is 10.1. The molecule has 0 saturated carbocycles. The third-order valence-corrected chi connectivity index (χ3v) is 7.10. The van der Waals surface area contributed by atoms with Crippen LogP contribution in [0.3, 0.4) is 0 Å². The van der Waals surface area contributed by atoms with Gasteiger partial charge in [-0.3, -0.25) is 9.10 Å². The van der Waals surface area contributed by atoms with E-state index in [-0.39, 0.29) is 4.91 Å². The average molecular weight is 395 g/mol. The predicted octanol–water partition coefficient (Wildman–Crippen LogP) is 0.988. The topological polar surface area (TPSA) is 79.4 Å². The largest absolute Gasteiger partial charge is 0.493 e. The quantitative estimate of drug-likeness (QED) is 0.759. The average Bonchev–Trinajstić information content (AvgIpc) is 2.65. The van der Waals surface area contributed by atoms with E-state index >= 15 is 0 Å². The Morgan fingerprint density at radius 2 is 1.56 bits per heavy atom. The molecule has 2 heterocycles. The summed E-state index contributed by atoms with van der Waals surface area (Å²) < 4.78 is 38.0. The van der Waals surface area contributed by atoms with Gasteiger partial charge in [-0.25, -0.2) is 8.42 Å². The molecule has 0 radical (unpaired) electrons. The fourth-order valence-electron chi connectivity index (χ4n) is 3.44. The number of ether oxygens (including phenoxy) is 2. The van der Waals surface area contributed by atoms with Crippen molar-refractivity contribution >= 4 is 27.2 Å². The SMILES string of the molecule is COc1cc2c(cc1OC)N(C)S(=O)(=O)C(C(=O)N1CCN(C)CC1)=C2C. The standard InChI is InChI=1S/C18H25N3O5S/c1-12-13-10-15(25-4)16(26-5)11-14(13)20(3)27(23,24)17(12)18(22)21-8-6-19(2)7-9-21/h10-11H,6-9H2,1-5H3. The summed E-state index contributed by atoms with van der Waals surface area (Å²) in [6.07, 6.45) is 0. The van der Waals surface area contributed by atoms with Crippen molar-refractivity contribution < 1.29 is 22.7 Å². The van der Waals surface area contributed by atoms with Crippen molar-refractivity contribution in [1.82, 2.24) is 9.80 Å². The number of piperazine rings is 1. The van der Waals surface area contributed by atoms with E-state index in [9.17, 15) is 13.2 Å². The van der Waals surface area contributed by atoms with Crippen molar-refractivity contribution in [2.45, 2.75) is 6.92 Å². The van der Waals surface area contributed by atoms with Crippen LogP contribution in [-0.2, 0) is 14.8 Å². The smallest absolute Gasteiger partial charge is 0.269 e. The first kappa shape index (κ1) is 19.5. The number of benzene rings is 1. The summed E-state index contributed by atoms with van der Waals surface area (Å²) in [7, 11) is 2.48. The molecule has 1 saturated heterocycles. The Bertz CT molecular complexity index is 902. The maximum atomic E-state index is 13.1. The molecule has 0 N–H and O–H groups in total. The van der Waals surface area contributed by atoms with Crippen LogP contribution >= 0.6 is 0 Å². The lowest BCUT2D eigenvalue weighted by Gasteiger charge is -2.36. The van der Waals surface area contributed by atoms with E-state index in [2.05, 4.69) is 4.90 Å². The minimum atomic E-state index is -3.96. The number of nitrogens with zero attached hydrogens (tertiary/aromatic N) is 3. The molecule has 9 heteroatoms. The number of likely N-dealkylation sites (N-methyl/N-ethyl adjacent to an activating group) is 1. The molecule has 148 valence electrons. The van der Waals surface area contributed by atoms with Crippen molar-refractivity contribution in [2.75, 3.05) is 58.8 Å². The van der Waals surface area contributed by atoms with Gasteiger partial charge in [0, 0.05) is 44.9 Å². The minimum absolute atomic E-state index is 0.172. The second-order valence-corrected chi connectivity index (χ2v) is 8.65. The van der Waals surface area contributed by atoms with E-state index in [4.69, 9.17) is 9.47 Å². The summed E-state index contributed by atoms with van der Waals surface area (Å²) in [5.74, 6) is 0.461. The van der Waals surface area contributed by atoms with Gasteiger partial charge in [-0.05, 0) is 25.6 Å². The Morgan fingerprint density at radius 1 is 1.00 bits per heavy atom. The third kappa shape index (κ3) is 3.14. The van der Waals surface area contributed by atoms with E-state index in [0.717, 1.165) is 17.4 Å². The molecule has 0 aliphatic carbocycles. The molecule has 1 fully saturated rings. The van der Waals surface area contributed by atoms with Gasteiger partial charge in [-0.2, -0.15) is 0 Å². The zero-order valence-electron chi connectivity index (χ0n) is 16.3. The van der Waals surface area contributed by atoms with Gasteiger partial charge in [0.15, 0.2) is 16.4 Å². The van der Waals surface area contributed by atoms with Crippen LogP contribution in [0.25, 0.3) is 5.57 Å². The highest BCUT2D eigenvalue weighted by Gasteiger charge is 2.40. The number of hydrogen-bond donors (Lipinski definition) is 0. The molecule has 0 spiro atoms. The molecule has 0 aromatic heterocycles. The van der Waals surface area contributed by atoms with E-state index in [1.165, 1.54) is 21.3 Å². The fourth-order valence-corrected chi connectivity index (χ4v) is 4.97. The summed E-state index contributed by atoms with van der Waals surface area (Å²) in [5, 5.41) is 0. The molecule has 8 nitrogen and oxygen atoms in total. The minimum Gasteiger partial charge on any atom is -0.493 e. The Morgan fingerprint density at radius 3 is 2.11 bits per heavy atom. The Hall–Kier alpha value is -2.26. The van der Waals surface area contributed by atoms with Crippen molar-refractivity contribution in [1.29, 1.82) is 0 Å². The molecule has 0 atom stereocenters. The predicted molar refractivity (Wildman–Crippen MR) is 104 cm³/mol. The van der Waals surface area contributed by atoms with Crippen LogP contribution in [0, 0.1) is 0 Å². The third-order valence-electron chi connectivity index (χ3n) is 5.19. The Kier molecular flexibility index (Phi) is 5.09. The van der Waals surface area contributed by atoms with Crippen LogP contribution in [0.2, 0.25) is 0 Å². The van der Waals surface area contributed by atoms with Gasteiger partial charge < -0.3 is 19.3 Å². The summed E-state index contributed by atoms with van der Waals surface area (Å²) in [4.78, 5) is 16.7. The zero-order chi connectivity index (χ0) is 19.9. The second kappa shape index (κ2) is 7.05. The van der Waals surface area contributed by atoms with Crippen LogP contribution in [0.4, 0.5) is 5.69 Å².